The molecular formula is C27H23F2N7O3S2. The van der Waals surface area contributed by atoms with Gasteiger partial charge < -0.3 is 16.4 Å². The summed E-state index contributed by atoms with van der Waals surface area (Å²) >= 11 is 1.50. The Hall–Kier alpha value is -4.53. The van der Waals surface area contributed by atoms with Gasteiger partial charge in [-0.1, -0.05) is 12.1 Å². The van der Waals surface area contributed by atoms with Crippen molar-refractivity contribution in [3.63, 3.8) is 0 Å². The Morgan fingerprint density at radius 2 is 1.83 bits per heavy atom. The van der Waals surface area contributed by atoms with Crippen LogP contribution in [0.2, 0.25) is 0 Å². The Labute approximate surface area is 237 Å². The van der Waals surface area contributed by atoms with Crippen molar-refractivity contribution in [2.24, 2.45) is 5.14 Å². The maximum Gasteiger partial charge on any atom is 0.255 e. The normalized spacial score (nSPS) is 12.3. The van der Waals surface area contributed by atoms with E-state index in [0.717, 1.165) is 50.6 Å². The minimum atomic E-state index is -4.16. The molecule has 5 rings (SSSR count). The zero-order valence-electron chi connectivity index (χ0n) is 21.4. The molecule has 0 saturated carbocycles. The molecule has 1 amide bonds. The minimum Gasteiger partial charge on any atom is -0.383 e. The zero-order chi connectivity index (χ0) is 29.3. The molecule has 14 heteroatoms. The second-order valence-electron chi connectivity index (χ2n) is 9.09. The van der Waals surface area contributed by atoms with Crippen LogP contribution in [0.15, 0.2) is 72.0 Å². The van der Waals surface area contributed by atoms with E-state index in [1.165, 1.54) is 23.7 Å². The molecule has 0 radical (unpaired) electrons. The van der Waals surface area contributed by atoms with Crippen LogP contribution < -0.4 is 21.5 Å². The monoisotopic (exact) mass is 595 g/mol. The number of carbonyl (C=O) groups is 1. The Kier molecular flexibility index (Phi) is 7.62. The highest BCUT2D eigenvalue weighted by atomic mass is 32.2. The molecule has 3 aromatic heterocycles. The van der Waals surface area contributed by atoms with Crippen molar-refractivity contribution < 1.29 is 22.0 Å². The molecule has 6 N–H and O–H groups in total. The lowest BCUT2D eigenvalue weighted by atomic mass is 10.1. The number of rotatable bonds is 8. The van der Waals surface area contributed by atoms with E-state index in [1.807, 2.05) is 30.3 Å². The number of amides is 1. The van der Waals surface area contributed by atoms with Crippen LogP contribution in [-0.2, 0) is 16.6 Å². The van der Waals surface area contributed by atoms with Crippen molar-refractivity contribution in [2.45, 2.75) is 24.4 Å². The summed E-state index contributed by atoms with van der Waals surface area (Å²) in [5.74, 6) is -2.27. The van der Waals surface area contributed by atoms with Gasteiger partial charge in [-0.05, 0) is 60.5 Å². The van der Waals surface area contributed by atoms with Gasteiger partial charge in [0.2, 0.25) is 10.0 Å². The summed E-state index contributed by atoms with van der Waals surface area (Å²) in [5, 5.41) is 11.7. The zero-order valence-corrected chi connectivity index (χ0v) is 23.1. The Morgan fingerprint density at radius 1 is 1.02 bits per heavy atom. The fourth-order valence-corrected chi connectivity index (χ4v) is 5.51. The predicted molar refractivity (Wildman–Crippen MR) is 152 cm³/mol. The number of carbonyl (C=O) groups excluding carboxylic acids is 1. The lowest BCUT2D eigenvalue weighted by Crippen LogP contribution is -2.28. The number of nitrogen functional groups attached to an aromatic ring is 1. The topological polar surface area (TPSA) is 166 Å². The van der Waals surface area contributed by atoms with Crippen LogP contribution >= 0.6 is 11.3 Å². The first-order valence-electron chi connectivity index (χ1n) is 12.1. The van der Waals surface area contributed by atoms with Crippen LogP contribution in [-0.4, -0.2) is 29.3 Å². The van der Waals surface area contributed by atoms with E-state index >= 15 is 0 Å². The molecule has 3 heterocycles. The molecule has 210 valence electrons. The van der Waals surface area contributed by atoms with Crippen molar-refractivity contribution in [2.75, 3.05) is 11.1 Å². The van der Waals surface area contributed by atoms with Gasteiger partial charge in [0.25, 0.3) is 5.91 Å². The third-order valence-electron chi connectivity index (χ3n) is 6.27. The lowest BCUT2D eigenvalue weighted by Gasteiger charge is -2.17. The van der Waals surface area contributed by atoms with Crippen LogP contribution in [0.4, 0.5) is 20.4 Å². The van der Waals surface area contributed by atoms with Gasteiger partial charge in [0, 0.05) is 21.3 Å². The van der Waals surface area contributed by atoms with Crippen LogP contribution in [0.3, 0.4) is 0 Å². The van der Waals surface area contributed by atoms with E-state index < -0.39 is 33.6 Å². The lowest BCUT2D eigenvalue weighted by molar-refractivity contribution is 0.0940. The first-order valence-corrected chi connectivity index (χ1v) is 14.5. The summed E-state index contributed by atoms with van der Waals surface area (Å²) in [7, 11) is -4.16. The standard InChI is InChI=1S/C27H23F2N7O3S2/c1-14(15-2-5-21(28)22(29)9-15)36-27(37)20-10-18(41(31,38)39)12-33-26(20)32-11-17-4-7-24(40-17)16-3-6-23-19(8-16)25(30)35-13-34-23/h2-10,12-14H,11H2,1H3,(H,32,33)(H,36,37)(H2,30,34,35)(H2,31,38,39)/t14-/m0/s1. The Morgan fingerprint density at radius 3 is 2.59 bits per heavy atom. The highest BCUT2D eigenvalue weighted by Gasteiger charge is 2.21. The quantitative estimate of drug-likeness (QED) is 0.205. The number of halogens is 2. The van der Waals surface area contributed by atoms with Gasteiger partial charge >= 0.3 is 0 Å². The number of sulfonamides is 1. The number of nitrogens with zero attached hydrogens (tertiary/aromatic N) is 3. The van der Waals surface area contributed by atoms with E-state index in [4.69, 9.17) is 10.9 Å². The molecule has 2 aromatic carbocycles. The summed E-state index contributed by atoms with van der Waals surface area (Å²) in [6.07, 6.45) is 2.46. The molecule has 0 bridgehead atoms. The van der Waals surface area contributed by atoms with Crippen LogP contribution in [0.1, 0.15) is 33.8 Å². The number of benzene rings is 2. The van der Waals surface area contributed by atoms with Crippen LogP contribution in [0, 0.1) is 11.6 Å². The van der Waals surface area contributed by atoms with E-state index in [1.54, 1.807) is 6.92 Å². The summed E-state index contributed by atoms with van der Waals surface area (Å²) in [5.41, 5.74) is 7.89. The molecule has 0 spiro atoms. The summed E-state index contributed by atoms with van der Waals surface area (Å²) in [6.45, 7) is 1.85. The molecule has 0 aliphatic carbocycles. The van der Waals surface area contributed by atoms with Crippen molar-refractivity contribution in [1.82, 2.24) is 20.3 Å². The second kappa shape index (κ2) is 11.2. The van der Waals surface area contributed by atoms with Gasteiger partial charge in [-0.2, -0.15) is 0 Å². The van der Waals surface area contributed by atoms with Crippen LogP contribution in [0.25, 0.3) is 21.3 Å². The van der Waals surface area contributed by atoms with Crippen molar-refractivity contribution >= 4 is 49.8 Å². The minimum absolute atomic E-state index is 0.0901. The third kappa shape index (κ3) is 6.14. The van der Waals surface area contributed by atoms with Gasteiger partial charge in [-0.3, -0.25) is 4.79 Å². The molecule has 41 heavy (non-hydrogen) atoms. The van der Waals surface area contributed by atoms with Gasteiger partial charge in [0.15, 0.2) is 11.6 Å². The molecule has 5 aromatic rings. The van der Waals surface area contributed by atoms with Crippen molar-refractivity contribution in [1.29, 1.82) is 0 Å². The van der Waals surface area contributed by atoms with Gasteiger partial charge in [0.1, 0.15) is 22.9 Å². The second-order valence-corrected chi connectivity index (χ2v) is 11.8. The first kappa shape index (κ1) is 28.0. The molecular weight excluding hydrogens is 572 g/mol. The van der Waals surface area contributed by atoms with Crippen molar-refractivity contribution in [3.05, 3.63) is 94.8 Å². The third-order valence-corrected chi connectivity index (χ3v) is 8.28. The van der Waals surface area contributed by atoms with E-state index in [0.29, 0.717) is 11.4 Å². The number of hydrogen-bond acceptors (Lipinski definition) is 9. The number of nitrogens with two attached hydrogens (primary N) is 2. The maximum atomic E-state index is 13.7. The SMILES string of the molecule is C[C@H](NC(=O)c1cc(S(N)(=O)=O)cnc1NCc1ccc(-c2ccc3ncnc(N)c3c2)s1)c1ccc(F)c(F)c1. The fraction of sp³-hybridized carbons (Fsp3) is 0.111. The molecule has 0 unspecified atom stereocenters. The number of hydrogen-bond donors (Lipinski definition) is 4. The van der Waals surface area contributed by atoms with Gasteiger partial charge in [0.05, 0.1) is 23.7 Å². The molecule has 1 atom stereocenters. The smallest absolute Gasteiger partial charge is 0.255 e. The van der Waals surface area contributed by atoms with Crippen molar-refractivity contribution in [3.8, 4) is 10.4 Å². The molecule has 0 saturated heterocycles. The Balaban J connectivity index is 1.37. The number of primary sulfonamides is 1. The van der Waals surface area contributed by atoms with E-state index in [9.17, 15) is 22.0 Å². The number of anilines is 2. The maximum absolute atomic E-state index is 13.7. The largest absolute Gasteiger partial charge is 0.383 e. The fourth-order valence-electron chi connectivity index (χ4n) is 4.08. The molecule has 10 nitrogen and oxygen atoms in total. The van der Waals surface area contributed by atoms with Gasteiger partial charge in [-0.15, -0.1) is 11.3 Å². The highest BCUT2D eigenvalue weighted by molar-refractivity contribution is 7.89. The number of aromatic nitrogens is 3. The summed E-state index contributed by atoms with van der Waals surface area (Å²) < 4.78 is 50.9. The van der Waals surface area contributed by atoms with E-state index in [2.05, 4.69) is 25.6 Å². The molecule has 0 aliphatic rings. The molecule has 0 fully saturated rings. The first-order chi connectivity index (χ1) is 19.5. The van der Waals surface area contributed by atoms with E-state index in [-0.39, 0.29) is 22.8 Å². The number of thiophene rings is 1. The molecule has 0 aliphatic heterocycles. The average molecular weight is 596 g/mol. The number of pyridine rings is 1. The Bertz CT molecular complexity index is 1900. The summed E-state index contributed by atoms with van der Waals surface area (Å²) in [4.78, 5) is 27.1. The predicted octanol–water partition coefficient (Wildman–Crippen LogP) is 4.36. The highest BCUT2D eigenvalue weighted by Crippen LogP contribution is 2.32. The number of fused-ring (bicyclic) bond motifs is 1. The van der Waals surface area contributed by atoms with Gasteiger partial charge in [-0.25, -0.2) is 37.3 Å². The average Bonchev–Trinajstić information content (AvgIpc) is 3.42. The van der Waals surface area contributed by atoms with Crippen LogP contribution in [0.5, 0.6) is 0 Å². The number of nitrogens with one attached hydrogen (secondary N) is 2. The summed E-state index contributed by atoms with van der Waals surface area (Å²) in [6, 6.07) is 13.2.